The van der Waals surface area contributed by atoms with Crippen molar-refractivity contribution in [2.75, 3.05) is 39.9 Å². The first-order valence-corrected chi connectivity index (χ1v) is 7.43. The van der Waals surface area contributed by atoms with E-state index in [1.165, 1.54) is 0 Å². The molecule has 3 rings (SSSR count). The van der Waals surface area contributed by atoms with Crippen LogP contribution in [0.15, 0.2) is 0 Å². The molecule has 108 valence electrons. The predicted octanol–water partition coefficient (Wildman–Crippen LogP) is 1.47. The SMILES string of the molecule is CO[C@@H]1CO[C@@]2(CCCN(C(=O)N3CCCC3)C2)C1. The van der Waals surface area contributed by atoms with Crippen LogP contribution in [0.1, 0.15) is 32.1 Å². The van der Waals surface area contributed by atoms with Crippen LogP contribution >= 0.6 is 0 Å². The van der Waals surface area contributed by atoms with Gasteiger partial charge in [0.25, 0.3) is 0 Å². The van der Waals surface area contributed by atoms with Gasteiger partial charge in [-0.1, -0.05) is 0 Å². The molecule has 0 unspecified atom stereocenters. The van der Waals surface area contributed by atoms with E-state index >= 15 is 0 Å². The van der Waals surface area contributed by atoms with Crippen LogP contribution in [-0.2, 0) is 9.47 Å². The highest BCUT2D eigenvalue weighted by atomic mass is 16.6. The summed E-state index contributed by atoms with van der Waals surface area (Å²) in [6, 6.07) is 0.209. The fourth-order valence-corrected chi connectivity index (χ4v) is 3.61. The minimum absolute atomic E-state index is 0.145. The second-order valence-electron chi connectivity index (χ2n) is 6.06. The van der Waals surface area contributed by atoms with Gasteiger partial charge >= 0.3 is 6.03 Å². The van der Waals surface area contributed by atoms with Gasteiger partial charge in [0, 0.05) is 33.2 Å². The third-order valence-electron chi connectivity index (χ3n) is 4.69. The molecule has 5 nitrogen and oxygen atoms in total. The molecule has 3 aliphatic rings. The zero-order valence-electron chi connectivity index (χ0n) is 11.8. The molecule has 0 N–H and O–H groups in total. The first-order valence-electron chi connectivity index (χ1n) is 7.43. The number of carbonyl (C=O) groups excluding carboxylic acids is 1. The minimum atomic E-state index is -0.145. The van der Waals surface area contributed by atoms with Gasteiger partial charge < -0.3 is 19.3 Å². The Labute approximate surface area is 114 Å². The molecule has 0 aromatic rings. The van der Waals surface area contributed by atoms with Crippen LogP contribution in [0.2, 0.25) is 0 Å². The lowest BCUT2D eigenvalue weighted by Crippen LogP contribution is -2.53. The molecule has 3 aliphatic heterocycles. The smallest absolute Gasteiger partial charge is 0.320 e. The van der Waals surface area contributed by atoms with Crippen LogP contribution < -0.4 is 0 Å². The number of hydrogen-bond donors (Lipinski definition) is 0. The van der Waals surface area contributed by atoms with Crippen molar-refractivity contribution in [2.45, 2.75) is 43.8 Å². The van der Waals surface area contributed by atoms with Crippen molar-refractivity contribution in [3.05, 3.63) is 0 Å². The molecule has 5 heteroatoms. The van der Waals surface area contributed by atoms with Gasteiger partial charge in [-0.3, -0.25) is 0 Å². The Balaban J connectivity index is 1.63. The molecule has 3 heterocycles. The van der Waals surface area contributed by atoms with Gasteiger partial charge in [-0.05, 0) is 25.7 Å². The van der Waals surface area contributed by atoms with E-state index in [0.717, 1.165) is 58.3 Å². The van der Waals surface area contributed by atoms with Crippen LogP contribution in [-0.4, -0.2) is 67.4 Å². The van der Waals surface area contributed by atoms with E-state index in [0.29, 0.717) is 6.61 Å². The van der Waals surface area contributed by atoms with Crippen LogP contribution in [0.3, 0.4) is 0 Å². The van der Waals surface area contributed by atoms with E-state index in [1.807, 2.05) is 9.80 Å². The average molecular weight is 268 g/mol. The minimum Gasteiger partial charge on any atom is -0.379 e. The number of methoxy groups -OCH3 is 1. The van der Waals surface area contributed by atoms with Crippen molar-refractivity contribution in [1.29, 1.82) is 0 Å². The summed E-state index contributed by atoms with van der Waals surface area (Å²) in [6.45, 7) is 4.12. The van der Waals surface area contributed by atoms with Crippen molar-refractivity contribution in [3.8, 4) is 0 Å². The summed E-state index contributed by atoms with van der Waals surface area (Å²) in [4.78, 5) is 16.4. The molecule has 1 spiro atoms. The summed E-state index contributed by atoms with van der Waals surface area (Å²) in [5.41, 5.74) is -0.145. The van der Waals surface area contributed by atoms with Gasteiger partial charge in [0.05, 0.1) is 24.9 Å². The Morgan fingerprint density at radius 1 is 1.21 bits per heavy atom. The van der Waals surface area contributed by atoms with Gasteiger partial charge in [-0.25, -0.2) is 4.79 Å². The molecule has 19 heavy (non-hydrogen) atoms. The van der Waals surface area contributed by atoms with Gasteiger partial charge in [0.2, 0.25) is 0 Å². The topological polar surface area (TPSA) is 42.0 Å². The number of carbonyl (C=O) groups is 1. The highest BCUT2D eigenvalue weighted by molar-refractivity contribution is 5.75. The number of rotatable bonds is 1. The molecule has 0 saturated carbocycles. The molecule has 0 aromatic carbocycles. The fourth-order valence-electron chi connectivity index (χ4n) is 3.61. The van der Waals surface area contributed by atoms with Crippen molar-refractivity contribution >= 4 is 6.03 Å². The molecule has 0 aliphatic carbocycles. The quantitative estimate of drug-likeness (QED) is 0.723. The summed E-state index contributed by atoms with van der Waals surface area (Å²) in [5, 5.41) is 0. The number of likely N-dealkylation sites (tertiary alicyclic amines) is 2. The summed E-state index contributed by atoms with van der Waals surface area (Å²) in [5.74, 6) is 0. The van der Waals surface area contributed by atoms with E-state index in [1.54, 1.807) is 7.11 Å². The lowest BCUT2D eigenvalue weighted by Gasteiger charge is -2.41. The maximum atomic E-state index is 12.5. The third-order valence-corrected chi connectivity index (χ3v) is 4.69. The Morgan fingerprint density at radius 3 is 2.63 bits per heavy atom. The average Bonchev–Trinajstić information content (AvgIpc) is 3.08. The molecule has 0 aromatic heterocycles. The molecule has 0 bridgehead atoms. The first kappa shape index (κ1) is 13.2. The number of urea groups is 1. The Kier molecular flexibility index (Phi) is 3.67. The van der Waals surface area contributed by atoms with Gasteiger partial charge in [-0.2, -0.15) is 0 Å². The van der Waals surface area contributed by atoms with Crippen molar-refractivity contribution in [1.82, 2.24) is 9.80 Å². The van der Waals surface area contributed by atoms with Crippen LogP contribution in [0.4, 0.5) is 4.79 Å². The number of hydrogen-bond acceptors (Lipinski definition) is 3. The zero-order chi connectivity index (χ0) is 13.3. The van der Waals surface area contributed by atoms with Crippen molar-refractivity contribution < 1.29 is 14.3 Å². The summed E-state index contributed by atoms with van der Waals surface area (Å²) < 4.78 is 11.4. The second-order valence-corrected chi connectivity index (χ2v) is 6.06. The number of ether oxygens (including phenoxy) is 2. The highest BCUT2D eigenvalue weighted by Gasteiger charge is 2.45. The Hall–Kier alpha value is -0.810. The van der Waals surface area contributed by atoms with Crippen LogP contribution in [0, 0.1) is 0 Å². The summed E-state index contributed by atoms with van der Waals surface area (Å²) >= 11 is 0. The molecular weight excluding hydrogens is 244 g/mol. The van der Waals surface area contributed by atoms with E-state index in [-0.39, 0.29) is 17.7 Å². The number of nitrogens with zero attached hydrogens (tertiary/aromatic N) is 2. The first-order chi connectivity index (χ1) is 9.22. The largest absolute Gasteiger partial charge is 0.379 e. The molecule has 2 atom stereocenters. The maximum absolute atomic E-state index is 12.5. The number of amides is 2. The lowest BCUT2D eigenvalue weighted by molar-refractivity contribution is -0.0447. The third kappa shape index (κ3) is 2.58. The molecule has 2 amide bonds. The highest BCUT2D eigenvalue weighted by Crippen LogP contribution is 2.36. The Bertz CT molecular complexity index is 344. The Morgan fingerprint density at radius 2 is 1.95 bits per heavy atom. The van der Waals surface area contributed by atoms with E-state index in [4.69, 9.17) is 9.47 Å². The van der Waals surface area contributed by atoms with Crippen LogP contribution in [0.5, 0.6) is 0 Å². The van der Waals surface area contributed by atoms with E-state index in [2.05, 4.69) is 0 Å². The van der Waals surface area contributed by atoms with E-state index in [9.17, 15) is 4.79 Å². The van der Waals surface area contributed by atoms with E-state index < -0.39 is 0 Å². The molecular formula is C14H24N2O3. The summed E-state index contributed by atoms with van der Waals surface area (Å²) in [6.07, 6.45) is 5.50. The number of piperidine rings is 1. The lowest BCUT2D eigenvalue weighted by atomic mass is 9.89. The van der Waals surface area contributed by atoms with Crippen molar-refractivity contribution in [3.63, 3.8) is 0 Å². The van der Waals surface area contributed by atoms with Gasteiger partial charge in [0.1, 0.15) is 0 Å². The monoisotopic (exact) mass is 268 g/mol. The second kappa shape index (κ2) is 5.29. The summed E-state index contributed by atoms with van der Waals surface area (Å²) in [7, 11) is 1.74. The van der Waals surface area contributed by atoms with Gasteiger partial charge in [-0.15, -0.1) is 0 Å². The van der Waals surface area contributed by atoms with Crippen LogP contribution in [0.25, 0.3) is 0 Å². The normalized spacial score (nSPS) is 35.3. The molecule has 3 fully saturated rings. The maximum Gasteiger partial charge on any atom is 0.320 e. The zero-order valence-corrected chi connectivity index (χ0v) is 11.8. The molecule has 3 saturated heterocycles. The predicted molar refractivity (Wildman–Crippen MR) is 71.1 cm³/mol. The van der Waals surface area contributed by atoms with Gasteiger partial charge in [0.15, 0.2) is 0 Å². The van der Waals surface area contributed by atoms with Crippen molar-refractivity contribution in [2.24, 2.45) is 0 Å². The fraction of sp³-hybridized carbons (Fsp3) is 0.929. The standard InChI is InChI=1S/C14H24N2O3/c1-18-12-9-14(19-10-12)5-4-8-16(11-14)13(17)15-6-2-3-7-15/h12H,2-11H2,1H3/t12-,14-/m0/s1. The molecule has 0 radical (unpaired) electrons.